The van der Waals surface area contributed by atoms with Crippen molar-refractivity contribution in [3.05, 3.63) is 42.7 Å². The average molecular weight is 299 g/mol. The van der Waals surface area contributed by atoms with Gasteiger partial charge in [0.2, 0.25) is 0 Å². The molecule has 1 aliphatic rings. The molecule has 1 aliphatic carbocycles. The fourth-order valence-corrected chi connectivity index (χ4v) is 4.80. The Labute approximate surface area is 120 Å². The Kier molecular flexibility index (Phi) is 3.76. The van der Waals surface area contributed by atoms with Crippen molar-refractivity contribution in [1.82, 2.24) is 0 Å². The van der Waals surface area contributed by atoms with Crippen molar-refractivity contribution >= 4 is 34.3 Å². The van der Waals surface area contributed by atoms with Crippen LogP contribution in [0.25, 0.3) is 0 Å². The summed E-state index contributed by atoms with van der Waals surface area (Å²) in [6.45, 7) is 0. The zero-order valence-corrected chi connectivity index (χ0v) is 12.4. The normalized spacial score (nSPS) is 16.6. The molecule has 2 aromatic rings. The summed E-state index contributed by atoms with van der Waals surface area (Å²) in [6.07, 6.45) is 5.26. The van der Waals surface area contributed by atoms with E-state index in [1.807, 2.05) is 12.1 Å². The maximum Gasteiger partial charge on any atom is 0.0931 e. The van der Waals surface area contributed by atoms with Crippen molar-refractivity contribution in [3.8, 4) is 0 Å². The number of aliphatic hydroxyl groups excluding tert-OH is 1. The Hall–Kier alpha value is -0.350. The van der Waals surface area contributed by atoms with E-state index in [0.29, 0.717) is 6.42 Å². The zero-order chi connectivity index (χ0) is 12.5. The fourth-order valence-electron chi connectivity index (χ4n) is 2.43. The lowest BCUT2D eigenvalue weighted by atomic mass is 9.99. The predicted molar refractivity (Wildman–Crippen MR) is 79.0 cm³/mol. The van der Waals surface area contributed by atoms with Crippen LogP contribution in [0.2, 0.25) is 4.34 Å². The van der Waals surface area contributed by atoms with E-state index in [4.69, 9.17) is 11.6 Å². The van der Waals surface area contributed by atoms with E-state index >= 15 is 0 Å². The highest BCUT2D eigenvalue weighted by molar-refractivity contribution is 7.16. The van der Waals surface area contributed by atoms with Gasteiger partial charge in [-0.25, -0.2) is 0 Å². The summed E-state index contributed by atoms with van der Waals surface area (Å²) in [5, 5.41) is 10.3. The lowest BCUT2D eigenvalue weighted by Crippen LogP contribution is -1.98. The second-order valence-corrected chi connectivity index (χ2v) is 7.70. The topological polar surface area (TPSA) is 20.2 Å². The molecular formula is C14H15ClOS2. The lowest BCUT2D eigenvalue weighted by Gasteiger charge is -2.08. The molecule has 0 saturated heterocycles. The SMILES string of the molecule is OC(Cc1ccc(Cl)s1)c1cc2c(s1)CCCC2. The summed E-state index contributed by atoms with van der Waals surface area (Å²) in [4.78, 5) is 3.75. The van der Waals surface area contributed by atoms with Gasteiger partial charge >= 0.3 is 0 Å². The van der Waals surface area contributed by atoms with E-state index in [9.17, 15) is 5.11 Å². The molecule has 96 valence electrons. The van der Waals surface area contributed by atoms with Crippen LogP contribution in [0.5, 0.6) is 0 Å². The quantitative estimate of drug-likeness (QED) is 0.877. The molecule has 0 bridgehead atoms. The first-order chi connectivity index (χ1) is 8.72. The monoisotopic (exact) mass is 298 g/mol. The molecule has 0 saturated carbocycles. The van der Waals surface area contributed by atoms with Gasteiger partial charge in [-0.3, -0.25) is 0 Å². The molecule has 1 N–H and O–H groups in total. The molecule has 0 aliphatic heterocycles. The minimum absolute atomic E-state index is 0.379. The molecule has 2 aromatic heterocycles. The number of hydrogen-bond acceptors (Lipinski definition) is 3. The molecule has 0 spiro atoms. The van der Waals surface area contributed by atoms with Gasteiger partial charge in [0.05, 0.1) is 10.4 Å². The Balaban J connectivity index is 1.75. The Morgan fingerprint density at radius 3 is 2.78 bits per heavy atom. The first-order valence-electron chi connectivity index (χ1n) is 6.26. The second-order valence-electron chi connectivity index (χ2n) is 4.73. The van der Waals surface area contributed by atoms with Crippen LogP contribution in [-0.2, 0) is 19.3 Å². The number of fused-ring (bicyclic) bond motifs is 1. The fraction of sp³-hybridized carbons (Fsp3) is 0.429. The molecule has 0 aromatic carbocycles. The number of aliphatic hydroxyl groups is 1. The number of halogens is 1. The Morgan fingerprint density at radius 2 is 2.06 bits per heavy atom. The zero-order valence-electron chi connectivity index (χ0n) is 9.99. The van der Waals surface area contributed by atoms with Gasteiger partial charge in [-0.2, -0.15) is 0 Å². The summed E-state index contributed by atoms with van der Waals surface area (Å²) in [5.41, 5.74) is 1.46. The van der Waals surface area contributed by atoms with Crippen molar-refractivity contribution in [2.45, 2.75) is 38.2 Å². The van der Waals surface area contributed by atoms with Gasteiger partial charge in [-0.1, -0.05) is 11.6 Å². The average Bonchev–Trinajstić information content (AvgIpc) is 2.95. The standard InChI is InChI=1S/C14H15ClOS2/c15-14-6-5-10(17-14)8-11(16)13-7-9-3-1-2-4-12(9)18-13/h5-7,11,16H,1-4,8H2. The third-order valence-electron chi connectivity index (χ3n) is 3.37. The first-order valence-corrected chi connectivity index (χ1v) is 8.27. The highest BCUT2D eigenvalue weighted by Crippen LogP contribution is 2.35. The third-order valence-corrected chi connectivity index (χ3v) is 5.96. The van der Waals surface area contributed by atoms with Crippen molar-refractivity contribution in [3.63, 3.8) is 0 Å². The van der Waals surface area contributed by atoms with Crippen LogP contribution in [-0.4, -0.2) is 5.11 Å². The summed E-state index contributed by atoms with van der Waals surface area (Å²) in [5.74, 6) is 0. The van der Waals surface area contributed by atoms with Gasteiger partial charge < -0.3 is 5.11 Å². The van der Waals surface area contributed by atoms with Crippen molar-refractivity contribution in [1.29, 1.82) is 0 Å². The molecule has 1 unspecified atom stereocenters. The van der Waals surface area contributed by atoms with Gasteiger partial charge in [-0.05, 0) is 49.4 Å². The number of hydrogen-bond donors (Lipinski definition) is 1. The molecule has 18 heavy (non-hydrogen) atoms. The predicted octanol–water partition coefficient (Wildman–Crippen LogP) is 4.62. The van der Waals surface area contributed by atoms with Crippen LogP contribution in [0.3, 0.4) is 0 Å². The number of aryl methyl sites for hydroxylation is 2. The maximum atomic E-state index is 10.3. The largest absolute Gasteiger partial charge is 0.387 e. The van der Waals surface area contributed by atoms with E-state index in [0.717, 1.165) is 14.1 Å². The number of thiophene rings is 2. The highest BCUT2D eigenvalue weighted by Gasteiger charge is 2.18. The number of rotatable bonds is 3. The van der Waals surface area contributed by atoms with Gasteiger partial charge in [-0.15, -0.1) is 22.7 Å². The summed E-state index contributed by atoms with van der Waals surface area (Å²) < 4.78 is 0.794. The van der Waals surface area contributed by atoms with Crippen LogP contribution in [0.1, 0.15) is 39.1 Å². The van der Waals surface area contributed by atoms with Crippen LogP contribution < -0.4 is 0 Å². The van der Waals surface area contributed by atoms with E-state index in [1.54, 1.807) is 22.7 Å². The minimum atomic E-state index is -0.379. The van der Waals surface area contributed by atoms with E-state index in [-0.39, 0.29) is 6.10 Å². The molecule has 0 amide bonds. The van der Waals surface area contributed by atoms with Crippen LogP contribution in [0, 0.1) is 0 Å². The second kappa shape index (κ2) is 5.33. The lowest BCUT2D eigenvalue weighted by molar-refractivity contribution is 0.183. The van der Waals surface area contributed by atoms with Crippen molar-refractivity contribution in [2.24, 2.45) is 0 Å². The first kappa shape index (κ1) is 12.7. The molecule has 4 heteroatoms. The smallest absolute Gasteiger partial charge is 0.0931 e. The van der Waals surface area contributed by atoms with Gasteiger partial charge in [0.15, 0.2) is 0 Å². The van der Waals surface area contributed by atoms with E-state index < -0.39 is 0 Å². The van der Waals surface area contributed by atoms with Crippen LogP contribution in [0.15, 0.2) is 18.2 Å². The molecule has 1 nitrogen and oxygen atoms in total. The van der Waals surface area contributed by atoms with Gasteiger partial charge in [0.1, 0.15) is 0 Å². The summed E-state index contributed by atoms with van der Waals surface area (Å²) in [6, 6.07) is 6.11. The summed E-state index contributed by atoms with van der Waals surface area (Å²) in [7, 11) is 0. The van der Waals surface area contributed by atoms with Crippen molar-refractivity contribution in [2.75, 3.05) is 0 Å². The molecule has 1 atom stereocenters. The minimum Gasteiger partial charge on any atom is -0.387 e. The van der Waals surface area contributed by atoms with Gasteiger partial charge in [0.25, 0.3) is 0 Å². The van der Waals surface area contributed by atoms with Crippen molar-refractivity contribution < 1.29 is 5.11 Å². The Bertz CT molecular complexity index is 520. The van der Waals surface area contributed by atoms with Crippen LogP contribution >= 0.6 is 34.3 Å². The summed E-state index contributed by atoms with van der Waals surface area (Å²) >= 11 is 9.26. The van der Waals surface area contributed by atoms with E-state index in [1.165, 1.54) is 36.1 Å². The van der Waals surface area contributed by atoms with E-state index in [2.05, 4.69) is 6.07 Å². The van der Waals surface area contributed by atoms with Gasteiger partial charge in [0, 0.05) is 21.1 Å². The molecule has 0 fully saturated rings. The Morgan fingerprint density at radius 1 is 1.22 bits per heavy atom. The molecule has 2 heterocycles. The molecule has 0 radical (unpaired) electrons. The molecular weight excluding hydrogens is 284 g/mol. The highest BCUT2D eigenvalue weighted by atomic mass is 35.5. The van der Waals surface area contributed by atoms with Crippen LogP contribution in [0.4, 0.5) is 0 Å². The molecule has 3 rings (SSSR count). The maximum absolute atomic E-state index is 10.3. The third kappa shape index (κ3) is 2.64.